The van der Waals surface area contributed by atoms with Gasteiger partial charge in [0.1, 0.15) is 0 Å². The Morgan fingerprint density at radius 2 is 1.86 bits per heavy atom. The molecule has 0 radical (unpaired) electrons. The van der Waals surface area contributed by atoms with Gasteiger partial charge in [0, 0.05) is 18.1 Å². The number of nitrogens with zero attached hydrogens (tertiary/aromatic N) is 1. The van der Waals surface area contributed by atoms with E-state index >= 15 is 0 Å². The van der Waals surface area contributed by atoms with Gasteiger partial charge in [0.05, 0.1) is 12.5 Å². The number of carbonyl (C=O) groups is 2. The highest BCUT2D eigenvalue weighted by molar-refractivity contribution is 5.79. The fraction of sp³-hybridized carbons (Fsp3) is 0.875. The molecule has 2 aliphatic heterocycles. The van der Waals surface area contributed by atoms with Crippen LogP contribution in [-0.4, -0.2) is 46.6 Å². The zero-order valence-electron chi connectivity index (χ0n) is 12.8. The first-order chi connectivity index (χ1) is 10.0. The molecule has 5 heteroatoms. The lowest BCUT2D eigenvalue weighted by Crippen LogP contribution is -2.45. The summed E-state index contributed by atoms with van der Waals surface area (Å²) in [5.41, 5.74) is 0. The lowest BCUT2D eigenvalue weighted by atomic mass is 9.87. The number of amides is 1. The van der Waals surface area contributed by atoms with Crippen LogP contribution < -0.4 is 5.32 Å². The minimum absolute atomic E-state index is 0.0737. The second-order valence-corrected chi connectivity index (χ2v) is 7.18. The molecule has 1 aliphatic carbocycles. The molecule has 1 saturated carbocycles. The Kier molecular flexibility index (Phi) is 4.20. The van der Waals surface area contributed by atoms with E-state index in [1.165, 1.54) is 12.8 Å². The Bertz CT molecular complexity index is 418. The predicted octanol–water partition coefficient (Wildman–Crippen LogP) is 1.62. The van der Waals surface area contributed by atoms with Crippen LogP contribution in [0.3, 0.4) is 0 Å². The molecule has 2 heterocycles. The molecule has 0 aromatic carbocycles. The van der Waals surface area contributed by atoms with Crippen molar-refractivity contribution >= 4 is 11.9 Å². The van der Waals surface area contributed by atoms with E-state index in [9.17, 15) is 14.7 Å². The summed E-state index contributed by atoms with van der Waals surface area (Å²) in [7, 11) is 0. The van der Waals surface area contributed by atoms with Gasteiger partial charge >= 0.3 is 5.97 Å². The van der Waals surface area contributed by atoms with E-state index in [4.69, 9.17) is 0 Å². The minimum atomic E-state index is -0.700. The van der Waals surface area contributed by atoms with E-state index in [2.05, 4.69) is 17.1 Å². The summed E-state index contributed by atoms with van der Waals surface area (Å²) in [6.45, 7) is 2.65. The second kappa shape index (κ2) is 5.95. The standard InChI is InChI=1S/C16H26N2O3/c1-10-2-4-11(5-3-10)17-15(19)9-18-12-6-7-14(18)13(8-12)16(20)21/h10-14H,2-9H2,1H3,(H,17,19)(H,20,21). The van der Waals surface area contributed by atoms with Crippen molar-refractivity contribution in [3.8, 4) is 0 Å². The average molecular weight is 294 g/mol. The Morgan fingerprint density at radius 3 is 2.48 bits per heavy atom. The van der Waals surface area contributed by atoms with Crippen LogP contribution in [0.15, 0.2) is 0 Å². The third kappa shape index (κ3) is 3.07. The quantitative estimate of drug-likeness (QED) is 0.826. The van der Waals surface area contributed by atoms with Crippen LogP contribution in [0.25, 0.3) is 0 Å². The van der Waals surface area contributed by atoms with Crippen LogP contribution in [0.5, 0.6) is 0 Å². The maximum Gasteiger partial charge on any atom is 0.308 e. The lowest BCUT2D eigenvalue weighted by molar-refractivity contribution is -0.143. The highest BCUT2D eigenvalue weighted by Crippen LogP contribution is 2.41. The zero-order valence-corrected chi connectivity index (χ0v) is 12.8. The maximum atomic E-state index is 12.2. The molecule has 0 aromatic heterocycles. The molecule has 0 aromatic rings. The number of hydrogen-bond acceptors (Lipinski definition) is 3. The smallest absolute Gasteiger partial charge is 0.308 e. The van der Waals surface area contributed by atoms with Gasteiger partial charge in [-0.1, -0.05) is 6.92 Å². The van der Waals surface area contributed by atoms with Gasteiger partial charge in [0.15, 0.2) is 0 Å². The number of carbonyl (C=O) groups excluding carboxylic acids is 1. The summed E-state index contributed by atoms with van der Waals surface area (Å²) in [6, 6.07) is 0.696. The molecule has 2 saturated heterocycles. The van der Waals surface area contributed by atoms with Gasteiger partial charge in [-0.25, -0.2) is 0 Å². The van der Waals surface area contributed by atoms with Gasteiger partial charge in [0.2, 0.25) is 5.91 Å². The Balaban J connectivity index is 1.50. The van der Waals surface area contributed by atoms with E-state index < -0.39 is 5.97 Å². The minimum Gasteiger partial charge on any atom is -0.481 e. The van der Waals surface area contributed by atoms with E-state index in [0.717, 1.165) is 31.6 Å². The molecule has 3 aliphatic rings. The van der Waals surface area contributed by atoms with E-state index in [1.54, 1.807) is 0 Å². The third-order valence-electron chi connectivity index (χ3n) is 5.71. The van der Waals surface area contributed by atoms with Crippen LogP contribution in [0.4, 0.5) is 0 Å². The van der Waals surface area contributed by atoms with Gasteiger partial charge in [-0.05, 0) is 50.9 Å². The highest BCUT2D eigenvalue weighted by atomic mass is 16.4. The second-order valence-electron chi connectivity index (χ2n) is 7.18. The lowest BCUT2D eigenvalue weighted by Gasteiger charge is -2.28. The average Bonchev–Trinajstić information content (AvgIpc) is 2.98. The summed E-state index contributed by atoms with van der Waals surface area (Å²) >= 11 is 0. The van der Waals surface area contributed by atoms with E-state index in [0.29, 0.717) is 25.0 Å². The summed E-state index contributed by atoms with van der Waals surface area (Å²) in [4.78, 5) is 25.6. The SMILES string of the molecule is CC1CCC(NC(=O)CN2C3CCC2C(C(=O)O)C3)CC1. The molecule has 3 unspecified atom stereocenters. The van der Waals surface area contributed by atoms with Crippen molar-refractivity contribution in [2.75, 3.05) is 6.54 Å². The normalized spacial score (nSPS) is 39.4. The Hall–Kier alpha value is -1.10. The van der Waals surface area contributed by atoms with Crippen molar-refractivity contribution in [2.24, 2.45) is 11.8 Å². The van der Waals surface area contributed by atoms with Crippen LogP contribution in [-0.2, 0) is 9.59 Å². The molecule has 2 N–H and O–H groups in total. The topological polar surface area (TPSA) is 69.6 Å². The molecule has 1 amide bonds. The predicted molar refractivity (Wildman–Crippen MR) is 78.8 cm³/mol. The van der Waals surface area contributed by atoms with Gasteiger partial charge in [-0.15, -0.1) is 0 Å². The van der Waals surface area contributed by atoms with Crippen LogP contribution in [0.2, 0.25) is 0 Å². The van der Waals surface area contributed by atoms with Crippen LogP contribution in [0, 0.1) is 11.8 Å². The number of carboxylic acid groups (broad SMARTS) is 1. The number of hydrogen-bond donors (Lipinski definition) is 2. The summed E-state index contributed by atoms with van der Waals surface area (Å²) in [6.07, 6.45) is 7.24. The van der Waals surface area contributed by atoms with Gasteiger partial charge in [-0.3, -0.25) is 14.5 Å². The highest BCUT2D eigenvalue weighted by Gasteiger charge is 2.49. The third-order valence-corrected chi connectivity index (χ3v) is 5.71. The maximum absolute atomic E-state index is 12.2. The number of rotatable bonds is 4. The molecule has 3 rings (SSSR count). The monoisotopic (exact) mass is 294 g/mol. The van der Waals surface area contributed by atoms with Gasteiger partial charge in [0.25, 0.3) is 0 Å². The molecule has 118 valence electrons. The van der Waals surface area contributed by atoms with Crippen LogP contribution >= 0.6 is 0 Å². The molecule has 21 heavy (non-hydrogen) atoms. The number of carboxylic acids is 1. The van der Waals surface area contributed by atoms with Gasteiger partial charge < -0.3 is 10.4 Å². The van der Waals surface area contributed by atoms with Crippen molar-refractivity contribution in [3.05, 3.63) is 0 Å². The largest absolute Gasteiger partial charge is 0.481 e. The van der Waals surface area contributed by atoms with Crippen molar-refractivity contribution in [2.45, 2.75) is 70.0 Å². The number of fused-ring (bicyclic) bond motifs is 2. The fourth-order valence-electron chi connectivity index (χ4n) is 4.46. The van der Waals surface area contributed by atoms with E-state index in [1.807, 2.05) is 0 Å². The first kappa shape index (κ1) is 14.8. The molecular formula is C16H26N2O3. The van der Waals surface area contributed by atoms with Gasteiger partial charge in [-0.2, -0.15) is 0 Å². The van der Waals surface area contributed by atoms with Crippen LogP contribution in [0.1, 0.15) is 51.9 Å². The number of nitrogens with one attached hydrogen (secondary N) is 1. The molecule has 0 spiro atoms. The summed E-state index contributed by atoms with van der Waals surface area (Å²) in [5, 5.41) is 12.4. The Labute approximate surface area is 126 Å². The summed E-state index contributed by atoms with van der Waals surface area (Å²) in [5.74, 6) is -0.109. The van der Waals surface area contributed by atoms with E-state index in [-0.39, 0.29) is 17.9 Å². The molecule has 3 fully saturated rings. The number of aliphatic carboxylic acids is 1. The van der Waals surface area contributed by atoms with Crippen molar-refractivity contribution < 1.29 is 14.7 Å². The zero-order chi connectivity index (χ0) is 15.0. The van der Waals surface area contributed by atoms with Crippen molar-refractivity contribution in [1.29, 1.82) is 0 Å². The molecule has 2 bridgehead atoms. The first-order valence-corrected chi connectivity index (χ1v) is 8.32. The Morgan fingerprint density at radius 1 is 1.14 bits per heavy atom. The molecule has 3 atom stereocenters. The van der Waals surface area contributed by atoms with Crippen molar-refractivity contribution in [3.63, 3.8) is 0 Å². The fourth-order valence-corrected chi connectivity index (χ4v) is 4.46. The summed E-state index contributed by atoms with van der Waals surface area (Å²) < 4.78 is 0. The van der Waals surface area contributed by atoms with Crippen molar-refractivity contribution in [1.82, 2.24) is 10.2 Å². The first-order valence-electron chi connectivity index (χ1n) is 8.32. The molecule has 5 nitrogen and oxygen atoms in total. The molecular weight excluding hydrogens is 268 g/mol.